The Hall–Kier alpha value is -3.22. The number of nitrogens with zero attached hydrogens (tertiary/aromatic N) is 1. The third-order valence-electron chi connectivity index (χ3n) is 4.94. The molecule has 152 valence electrons. The fourth-order valence-corrected chi connectivity index (χ4v) is 3.41. The first-order valence-corrected chi connectivity index (χ1v) is 9.61. The van der Waals surface area contributed by atoms with Gasteiger partial charge in [-0.1, -0.05) is 12.1 Å². The number of anilines is 2. The van der Waals surface area contributed by atoms with Crippen LogP contribution < -0.4 is 10.6 Å². The van der Waals surface area contributed by atoms with Crippen LogP contribution in [0.3, 0.4) is 0 Å². The van der Waals surface area contributed by atoms with Crippen LogP contribution in [-0.2, 0) is 20.8 Å². The zero-order chi connectivity index (χ0) is 20.8. The van der Waals surface area contributed by atoms with Crippen LogP contribution in [0, 0.1) is 11.7 Å². The Morgan fingerprint density at radius 1 is 1.00 bits per heavy atom. The molecule has 6 nitrogen and oxygen atoms in total. The molecule has 7 heteroatoms. The number of carbonyl (C=O) groups excluding carboxylic acids is 3. The van der Waals surface area contributed by atoms with Gasteiger partial charge in [-0.2, -0.15) is 0 Å². The van der Waals surface area contributed by atoms with Gasteiger partial charge < -0.3 is 15.5 Å². The number of carbonyl (C=O) groups is 3. The molecule has 0 bridgehead atoms. The summed E-state index contributed by atoms with van der Waals surface area (Å²) in [5, 5.41) is 5.56. The highest BCUT2D eigenvalue weighted by molar-refractivity contribution is 5.93. The molecule has 29 heavy (non-hydrogen) atoms. The number of halogens is 1. The van der Waals surface area contributed by atoms with Gasteiger partial charge in [0.2, 0.25) is 17.7 Å². The number of amides is 3. The van der Waals surface area contributed by atoms with Crippen molar-refractivity contribution in [1.29, 1.82) is 0 Å². The molecule has 3 amide bonds. The SMILES string of the molecule is CC(=O)Nc1ccc(NC(=O)C2CCN(C(=O)Cc3cccc(F)c3)CC2)cc1. The van der Waals surface area contributed by atoms with Crippen LogP contribution >= 0.6 is 0 Å². The normalized spacial score (nSPS) is 14.3. The lowest BCUT2D eigenvalue weighted by Gasteiger charge is -2.31. The van der Waals surface area contributed by atoms with Crippen molar-refractivity contribution in [3.63, 3.8) is 0 Å². The molecule has 1 fully saturated rings. The van der Waals surface area contributed by atoms with Crippen molar-refractivity contribution >= 4 is 29.1 Å². The minimum atomic E-state index is -0.351. The second-order valence-electron chi connectivity index (χ2n) is 7.21. The summed E-state index contributed by atoms with van der Waals surface area (Å²) in [7, 11) is 0. The van der Waals surface area contributed by atoms with Crippen molar-refractivity contribution in [2.45, 2.75) is 26.2 Å². The summed E-state index contributed by atoms with van der Waals surface area (Å²) < 4.78 is 13.3. The van der Waals surface area contributed by atoms with Crippen molar-refractivity contribution in [2.24, 2.45) is 5.92 Å². The number of piperidine rings is 1. The molecule has 0 aliphatic carbocycles. The van der Waals surface area contributed by atoms with Crippen molar-refractivity contribution in [3.8, 4) is 0 Å². The Morgan fingerprint density at radius 2 is 1.62 bits per heavy atom. The molecule has 0 saturated carbocycles. The highest BCUT2D eigenvalue weighted by Gasteiger charge is 2.27. The number of hydrogen-bond acceptors (Lipinski definition) is 3. The molecule has 0 radical (unpaired) electrons. The second kappa shape index (κ2) is 9.32. The number of nitrogens with one attached hydrogen (secondary N) is 2. The van der Waals surface area contributed by atoms with Crippen LogP contribution in [-0.4, -0.2) is 35.7 Å². The number of benzene rings is 2. The lowest BCUT2D eigenvalue weighted by molar-refractivity contribution is -0.133. The van der Waals surface area contributed by atoms with Crippen LogP contribution in [0.1, 0.15) is 25.3 Å². The van der Waals surface area contributed by atoms with E-state index in [2.05, 4.69) is 10.6 Å². The Balaban J connectivity index is 1.47. The molecule has 1 aliphatic rings. The zero-order valence-electron chi connectivity index (χ0n) is 16.3. The minimum absolute atomic E-state index is 0.0528. The minimum Gasteiger partial charge on any atom is -0.342 e. The molecule has 2 N–H and O–H groups in total. The van der Waals surface area contributed by atoms with E-state index in [1.54, 1.807) is 41.3 Å². The summed E-state index contributed by atoms with van der Waals surface area (Å²) in [6, 6.07) is 13.0. The summed E-state index contributed by atoms with van der Waals surface area (Å²) in [5.41, 5.74) is 1.98. The first kappa shape index (κ1) is 20.5. The van der Waals surface area contributed by atoms with Gasteiger partial charge in [0.15, 0.2) is 0 Å². The lowest BCUT2D eigenvalue weighted by Crippen LogP contribution is -2.42. The number of likely N-dealkylation sites (tertiary alicyclic amines) is 1. The molecular formula is C22H24FN3O3. The van der Waals surface area contributed by atoms with Gasteiger partial charge in [-0.15, -0.1) is 0 Å². The highest BCUT2D eigenvalue weighted by Crippen LogP contribution is 2.21. The Bertz CT molecular complexity index is 890. The van der Waals surface area contributed by atoms with Crippen molar-refractivity contribution < 1.29 is 18.8 Å². The molecule has 0 unspecified atom stereocenters. The van der Waals surface area contributed by atoms with Gasteiger partial charge in [-0.3, -0.25) is 14.4 Å². The van der Waals surface area contributed by atoms with Gasteiger partial charge >= 0.3 is 0 Å². The first-order chi connectivity index (χ1) is 13.9. The maximum Gasteiger partial charge on any atom is 0.227 e. The Kier molecular flexibility index (Phi) is 6.59. The monoisotopic (exact) mass is 397 g/mol. The van der Waals surface area contributed by atoms with Crippen molar-refractivity contribution in [3.05, 3.63) is 59.9 Å². The average molecular weight is 397 g/mol. The smallest absolute Gasteiger partial charge is 0.227 e. The third-order valence-corrected chi connectivity index (χ3v) is 4.94. The molecule has 0 aromatic heterocycles. The molecule has 1 heterocycles. The molecular weight excluding hydrogens is 373 g/mol. The highest BCUT2D eigenvalue weighted by atomic mass is 19.1. The Morgan fingerprint density at radius 3 is 2.21 bits per heavy atom. The summed E-state index contributed by atoms with van der Waals surface area (Å²) in [5.74, 6) is -0.794. The van der Waals surface area contributed by atoms with E-state index in [1.165, 1.54) is 19.1 Å². The summed E-state index contributed by atoms with van der Waals surface area (Å²) in [6.07, 6.45) is 1.34. The lowest BCUT2D eigenvalue weighted by atomic mass is 9.95. The maximum absolute atomic E-state index is 13.3. The fourth-order valence-electron chi connectivity index (χ4n) is 3.41. The standard InChI is InChI=1S/C22H24FN3O3/c1-15(27)24-19-5-7-20(8-6-19)25-22(29)17-9-11-26(12-10-17)21(28)14-16-3-2-4-18(23)13-16/h2-8,13,17H,9-12,14H2,1H3,(H,24,27)(H,25,29). The van der Waals surface area contributed by atoms with E-state index in [0.29, 0.717) is 42.9 Å². The van der Waals surface area contributed by atoms with Gasteiger partial charge in [-0.25, -0.2) is 4.39 Å². The molecule has 2 aromatic carbocycles. The van der Waals surface area contributed by atoms with E-state index in [-0.39, 0.29) is 35.9 Å². The van der Waals surface area contributed by atoms with Gasteiger partial charge in [0.1, 0.15) is 5.82 Å². The van der Waals surface area contributed by atoms with Gasteiger partial charge in [0.05, 0.1) is 6.42 Å². The van der Waals surface area contributed by atoms with Gasteiger partial charge in [0.25, 0.3) is 0 Å². The predicted octanol–water partition coefficient (Wildman–Crippen LogP) is 3.20. The summed E-state index contributed by atoms with van der Waals surface area (Å²) >= 11 is 0. The van der Waals surface area contributed by atoms with Crippen LogP contribution in [0.2, 0.25) is 0 Å². The molecule has 0 spiro atoms. The van der Waals surface area contributed by atoms with Crippen LogP contribution in [0.15, 0.2) is 48.5 Å². The molecule has 0 atom stereocenters. The third kappa shape index (κ3) is 5.88. The van der Waals surface area contributed by atoms with E-state index in [1.807, 2.05) is 0 Å². The van der Waals surface area contributed by atoms with Crippen molar-refractivity contribution in [1.82, 2.24) is 4.90 Å². The van der Waals surface area contributed by atoms with Gasteiger partial charge in [-0.05, 0) is 54.8 Å². The maximum atomic E-state index is 13.3. The van der Waals surface area contributed by atoms with E-state index >= 15 is 0 Å². The van der Waals surface area contributed by atoms with E-state index in [9.17, 15) is 18.8 Å². The number of hydrogen-bond donors (Lipinski definition) is 2. The molecule has 1 aliphatic heterocycles. The van der Waals surface area contributed by atoms with Crippen molar-refractivity contribution in [2.75, 3.05) is 23.7 Å². The summed E-state index contributed by atoms with van der Waals surface area (Å²) in [6.45, 7) is 2.45. The van der Waals surface area contributed by atoms with E-state index in [4.69, 9.17) is 0 Å². The topological polar surface area (TPSA) is 78.5 Å². The van der Waals surface area contributed by atoms with Gasteiger partial charge in [0, 0.05) is 37.3 Å². The molecule has 3 rings (SSSR count). The van der Waals surface area contributed by atoms with Crippen LogP contribution in [0.4, 0.5) is 15.8 Å². The van der Waals surface area contributed by atoms with E-state index in [0.717, 1.165) is 0 Å². The second-order valence-corrected chi connectivity index (χ2v) is 7.21. The molecule has 2 aromatic rings. The first-order valence-electron chi connectivity index (χ1n) is 9.61. The predicted molar refractivity (Wildman–Crippen MR) is 109 cm³/mol. The van der Waals surface area contributed by atoms with Crippen LogP contribution in [0.25, 0.3) is 0 Å². The van der Waals surface area contributed by atoms with E-state index < -0.39 is 0 Å². The zero-order valence-corrected chi connectivity index (χ0v) is 16.3. The molecule has 1 saturated heterocycles. The number of rotatable bonds is 5. The Labute approximate surface area is 169 Å². The van der Waals surface area contributed by atoms with Crippen LogP contribution in [0.5, 0.6) is 0 Å². The largest absolute Gasteiger partial charge is 0.342 e. The average Bonchev–Trinajstić information content (AvgIpc) is 2.69. The quantitative estimate of drug-likeness (QED) is 0.813. The fraction of sp³-hybridized carbons (Fsp3) is 0.318. The summed E-state index contributed by atoms with van der Waals surface area (Å²) in [4.78, 5) is 37.7.